The summed E-state index contributed by atoms with van der Waals surface area (Å²) in [5, 5.41) is 16.3. The molecule has 3 aliphatic heterocycles. The predicted octanol–water partition coefficient (Wildman–Crippen LogP) is -0.0470. The first-order valence-corrected chi connectivity index (χ1v) is 9.01. The molecule has 1 unspecified atom stereocenters. The van der Waals surface area contributed by atoms with Crippen LogP contribution >= 0.6 is 0 Å². The number of likely N-dealkylation sites (tertiary alicyclic amines) is 1. The van der Waals surface area contributed by atoms with Gasteiger partial charge < -0.3 is 25.4 Å². The third-order valence-electron chi connectivity index (χ3n) is 5.88. The number of carbonyl (C=O) groups is 1. The Kier molecular flexibility index (Phi) is 5.30. The average molecular weight is 338 g/mol. The number of carbonyl (C=O) groups excluding carboxylic acids is 1. The number of guanidine groups is 1. The first-order valence-electron chi connectivity index (χ1n) is 9.01. The molecule has 3 fully saturated rings. The molecule has 3 N–H and O–H groups in total. The molecule has 0 radical (unpaired) electrons. The maximum absolute atomic E-state index is 11.7. The minimum atomic E-state index is -0.119. The summed E-state index contributed by atoms with van der Waals surface area (Å²) in [6.07, 6.45) is 4.54. The zero-order chi connectivity index (χ0) is 17.0. The number of rotatable bonds is 3. The van der Waals surface area contributed by atoms with Crippen LogP contribution in [0, 0.1) is 10.8 Å². The van der Waals surface area contributed by atoms with Crippen LogP contribution in [0.15, 0.2) is 4.99 Å². The van der Waals surface area contributed by atoms with Crippen LogP contribution in [-0.4, -0.2) is 74.9 Å². The summed E-state index contributed by atoms with van der Waals surface area (Å²) in [5.74, 6) is 1.05. The third-order valence-corrected chi connectivity index (χ3v) is 5.88. The highest BCUT2D eigenvalue weighted by molar-refractivity contribution is 5.81. The summed E-state index contributed by atoms with van der Waals surface area (Å²) >= 11 is 0. The van der Waals surface area contributed by atoms with Crippen molar-refractivity contribution in [3.8, 4) is 0 Å². The molecule has 3 saturated heterocycles. The van der Waals surface area contributed by atoms with E-state index in [-0.39, 0.29) is 23.3 Å². The lowest BCUT2D eigenvalue weighted by Crippen LogP contribution is -2.53. The first-order chi connectivity index (χ1) is 11.6. The number of aliphatic hydroxyl groups excluding tert-OH is 1. The van der Waals surface area contributed by atoms with Crippen molar-refractivity contribution in [2.75, 3.05) is 53.0 Å². The van der Waals surface area contributed by atoms with Crippen molar-refractivity contribution in [3.05, 3.63) is 0 Å². The molecule has 3 rings (SSSR count). The molecule has 0 aromatic heterocycles. The van der Waals surface area contributed by atoms with Crippen molar-refractivity contribution in [2.24, 2.45) is 15.8 Å². The van der Waals surface area contributed by atoms with E-state index in [1.165, 1.54) is 0 Å². The third kappa shape index (κ3) is 3.67. The Bertz CT molecular complexity index is 490. The van der Waals surface area contributed by atoms with Crippen LogP contribution < -0.4 is 10.6 Å². The van der Waals surface area contributed by atoms with Crippen molar-refractivity contribution in [1.29, 1.82) is 0 Å². The van der Waals surface area contributed by atoms with E-state index in [1.807, 2.05) is 0 Å². The highest BCUT2D eigenvalue weighted by Gasteiger charge is 2.42. The number of piperidine rings is 1. The molecular weight excluding hydrogens is 308 g/mol. The highest BCUT2D eigenvalue weighted by Crippen LogP contribution is 2.36. The quantitative estimate of drug-likeness (QED) is 0.496. The van der Waals surface area contributed by atoms with Crippen LogP contribution in [0.4, 0.5) is 0 Å². The number of aliphatic hydroxyl groups is 1. The van der Waals surface area contributed by atoms with E-state index in [9.17, 15) is 9.90 Å². The van der Waals surface area contributed by atoms with Gasteiger partial charge in [-0.05, 0) is 25.7 Å². The predicted molar refractivity (Wildman–Crippen MR) is 91.8 cm³/mol. The maximum atomic E-state index is 11.7. The summed E-state index contributed by atoms with van der Waals surface area (Å²) in [6.45, 7) is 4.90. The normalized spacial score (nSPS) is 30.5. The largest absolute Gasteiger partial charge is 0.396 e. The summed E-state index contributed by atoms with van der Waals surface area (Å²) in [5.41, 5.74) is -0.0627. The van der Waals surface area contributed by atoms with Gasteiger partial charge in [-0.15, -0.1) is 0 Å². The van der Waals surface area contributed by atoms with Gasteiger partial charge in [0.25, 0.3) is 0 Å². The molecule has 7 nitrogen and oxygen atoms in total. The Hall–Kier alpha value is -1.34. The number of hydrogen-bond donors (Lipinski definition) is 3. The van der Waals surface area contributed by atoms with Crippen molar-refractivity contribution in [3.63, 3.8) is 0 Å². The number of nitrogens with one attached hydrogen (secondary N) is 2. The molecule has 0 saturated carbocycles. The Morgan fingerprint density at radius 3 is 2.83 bits per heavy atom. The van der Waals surface area contributed by atoms with E-state index >= 15 is 0 Å². The van der Waals surface area contributed by atoms with Crippen LogP contribution in [0.2, 0.25) is 0 Å². The van der Waals surface area contributed by atoms with Gasteiger partial charge in [-0.3, -0.25) is 9.79 Å². The van der Waals surface area contributed by atoms with E-state index in [0.29, 0.717) is 26.2 Å². The molecule has 24 heavy (non-hydrogen) atoms. The molecule has 3 aliphatic rings. The summed E-state index contributed by atoms with van der Waals surface area (Å²) < 4.78 is 5.43. The second-order valence-corrected chi connectivity index (χ2v) is 7.65. The molecule has 0 aromatic rings. The summed E-state index contributed by atoms with van der Waals surface area (Å²) in [6, 6.07) is 0. The second kappa shape index (κ2) is 7.27. The van der Waals surface area contributed by atoms with Gasteiger partial charge in [0.15, 0.2) is 5.96 Å². The van der Waals surface area contributed by atoms with Crippen molar-refractivity contribution in [2.45, 2.75) is 32.1 Å². The fourth-order valence-corrected chi connectivity index (χ4v) is 4.22. The lowest BCUT2D eigenvalue weighted by molar-refractivity contribution is -0.119. The minimum Gasteiger partial charge on any atom is -0.396 e. The van der Waals surface area contributed by atoms with Crippen LogP contribution in [0.5, 0.6) is 0 Å². The Balaban J connectivity index is 1.60. The van der Waals surface area contributed by atoms with Gasteiger partial charge >= 0.3 is 0 Å². The van der Waals surface area contributed by atoms with E-state index in [2.05, 4.69) is 20.5 Å². The van der Waals surface area contributed by atoms with E-state index in [1.54, 1.807) is 7.05 Å². The van der Waals surface area contributed by atoms with Crippen molar-refractivity contribution < 1.29 is 14.6 Å². The smallest absolute Gasteiger partial charge is 0.220 e. The lowest BCUT2D eigenvalue weighted by Gasteiger charge is -2.42. The molecule has 1 spiro atoms. The zero-order valence-corrected chi connectivity index (χ0v) is 14.6. The van der Waals surface area contributed by atoms with Gasteiger partial charge in [-0.1, -0.05) is 0 Å². The summed E-state index contributed by atoms with van der Waals surface area (Å²) in [7, 11) is 1.80. The van der Waals surface area contributed by atoms with Crippen LogP contribution in [-0.2, 0) is 9.53 Å². The Morgan fingerprint density at radius 2 is 2.21 bits per heavy atom. The van der Waals surface area contributed by atoms with Gasteiger partial charge in [0.05, 0.1) is 6.61 Å². The Morgan fingerprint density at radius 1 is 1.42 bits per heavy atom. The molecule has 1 atom stereocenters. The van der Waals surface area contributed by atoms with Crippen LogP contribution in [0.3, 0.4) is 0 Å². The number of hydrogen-bond acceptors (Lipinski definition) is 4. The molecule has 1 amide bonds. The standard InChI is InChI=1S/C17H30N4O3/c1-18-15(20-10-16(13-22)4-7-24-8-5-16)21-6-2-3-17(12-21)9-14(23)19-11-17/h22H,2-13H2,1H3,(H,18,20)(H,19,23). The lowest BCUT2D eigenvalue weighted by atomic mass is 9.79. The monoisotopic (exact) mass is 338 g/mol. The van der Waals surface area contributed by atoms with E-state index < -0.39 is 0 Å². The molecular formula is C17H30N4O3. The molecule has 0 aromatic carbocycles. The molecule has 0 bridgehead atoms. The number of ether oxygens (including phenoxy) is 1. The molecule has 0 aliphatic carbocycles. The maximum Gasteiger partial charge on any atom is 0.220 e. The van der Waals surface area contributed by atoms with E-state index in [0.717, 1.165) is 51.3 Å². The second-order valence-electron chi connectivity index (χ2n) is 7.65. The number of amides is 1. The number of aliphatic imine (C=N–C) groups is 1. The van der Waals surface area contributed by atoms with Gasteiger partial charge in [0.2, 0.25) is 5.91 Å². The average Bonchev–Trinajstić information content (AvgIpc) is 2.96. The first kappa shape index (κ1) is 17.5. The van der Waals surface area contributed by atoms with Crippen molar-refractivity contribution in [1.82, 2.24) is 15.5 Å². The zero-order valence-electron chi connectivity index (χ0n) is 14.6. The Labute approximate surface area is 143 Å². The van der Waals surface area contributed by atoms with Gasteiger partial charge in [0.1, 0.15) is 0 Å². The topological polar surface area (TPSA) is 86.2 Å². The van der Waals surface area contributed by atoms with Crippen LogP contribution in [0.25, 0.3) is 0 Å². The van der Waals surface area contributed by atoms with Gasteiger partial charge in [-0.2, -0.15) is 0 Å². The summed E-state index contributed by atoms with van der Waals surface area (Å²) in [4.78, 5) is 18.4. The fraction of sp³-hybridized carbons (Fsp3) is 0.882. The van der Waals surface area contributed by atoms with Crippen molar-refractivity contribution >= 4 is 11.9 Å². The molecule has 136 valence electrons. The molecule has 7 heteroatoms. The fourth-order valence-electron chi connectivity index (χ4n) is 4.22. The van der Waals surface area contributed by atoms with Gasteiger partial charge in [-0.25, -0.2) is 0 Å². The van der Waals surface area contributed by atoms with E-state index in [4.69, 9.17) is 4.74 Å². The van der Waals surface area contributed by atoms with Crippen LogP contribution in [0.1, 0.15) is 32.1 Å². The number of nitrogens with zero attached hydrogens (tertiary/aromatic N) is 2. The SMILES string of the molecule is CN=C(NCC1(CO)CCOCC1)N1CCCC2(CNC(=O)C2)C1. The highest BCUT2D eigenvalue weighted by atomic mass is 16.5. The minimum absolute atomic E-state index is 0.0559. The molecule has 3 heterocycles. The van der Waals surface area contributed by atoms with Gasteiger partial charge in [0, 0.05) is 63.7 Å².